The Morgan fingerprint density at radius 3 is 2.79 bits per heavy atom. The highest BCUT2D eigenvalue weighted by molar-refractivity contribution is 5.94. The molecule has 1 aromatic carbocycles. The Labute approximate surface area is 162 Å². The first-order chi connectivity index (χ1) is 13.6. The number of halogens is 1. The van der Waals surface area contributed by atoms with Gasteiger partial charge in [0, 0.05) is 37.6 Å². The van der Waals surface area contributed by atoms with E-state index >= 15 is 0 Å². The number of rotatable bonds is 4. The third kappa shape index (κ3) is 3.88. The SMILES string of the molecule is O=C(NC[C@H]1CCCN(C(=O)c2cn3ccccc3n2)C1)c1ccc(F)cc1. The van der Waals surface area contributed by atoms with Crippen LogP contribution < -0.4 is 5.32 Å². The zero-order chi connectivity index (χ0) is 19.5. The molecule has 0 saturated carbocycles. The van der Waals surface area contributed by atoms with Crippen LogP contribution in [0, 0.1) is 11.7 Å². The van der Waals surface area contributed by atoms with Crippen molar-refractivity contribution in [1.82, 2.24) is 19.6 Å². The molecule has 0 radical (unpaired) electrons. The number of nitrogens with zero attached hydrogens (tertiary/aromatic N) is 3. The molecule has 1 fully saturated rings. The van der Waals surface area contributed by atoms with Gasteiger partial charge in [-0.15, -0.1) is 0 Å². The molecule has 1 aliphatic rings. The van der Waals surface area contributed by atoms with Gasteiger partial charge in [-0.3, -0.25) is 9.59 Å². The molecule has 1 aliphatic heterocycles. The lowest BCUT2D eigenvalue weighted by Gasteiger charge is -2.32. The third-order valence-electron chi connectivity index (χ3n) is 5.05. The summed E-state index contributed by atoms with van der Waals surface area (Å²) in [5, 5.41) is 2.89. The monoisotopic (exact) mass is 380 g/mol. The predicted octanol–water partition coefficient (Wildman–Crippen LogP) is 2.76. The van der Waals surface area contributed by atoms with Crippen molar-refractivity contribution >= 4 is 17.5 Å². The summed E-state index contributed by atoms with van der Waals surface area (Å²) in [6, 6.07) is 11.1. The highest BCUT2D eigenvalue weighted by Crippen LogP contribution is 2.18. The number of carbonyl (C=O) groups is 2. The number of nitrogens with one attached hydrogen (secondary N) is 1. The summed E-state index contributed by atoms with van der Waals surface area (Å²) in [6.07, 6.45) is 5.44. The zero-order valence-electron chi connectivity index (χ0n) is 15.3. The van der Waals surface area contributed by atoms with Crippen molar-refractivity contribution in [3.63, 3.8) is 0 Å². The summed E-state index contributed by atoms with van der Waals surface area (Å²) >= 11 is 0. The van der Waals surface area contributed by atoms with Gasteiger partial charge in [0.2, 0.25) is 0 Å². The highest BCUT2D eigenvalue weighted by Gasteiger charge is 2.26. The van der Waals surface area contributed by atoms with Crippen LogP contribution in [-0.2, 0) is 0 Å². The second kappa shape index (κ2) is 7.80. The smallest absolute Gasteiger partial charge is 0.274 e. The third-order valence-corrected chi connectivity index (χ3v) is 5.05. The van der Waals surface area contributed by atoms with Gasteiger partial charge in [-0.25, -0.2) is 9.37 Å². The summed E-state index contributed by atoms with van der Waals surface area (Å²) in [7, 11) is 0. The Kier molecular flexibility index (Phi) is 5.06. The minimum atomic E-state index is -0.370. The molecular formula is C21H21FN4O2. The molecule has 0 spiro atoms. The average Bonchev–Trinajstić information content (AvgIpc) is 3.16. The molecule has 4 rings (SSSR count). The van der Waals surface area contributed by atoms with E-state index in [2.05, 4.69) is 10.3 Å². The van der Waals surface area contributed by atoms with Crippen LogP contribution in [0.2, 0.25) is 0 Å². The first-order valence-corrected chi connectivity index (χ1v) is 9.37. The van der Waals surface area contributed by atoms with Crippen molar-refractivity contribution in [2.24, 2.45) is 5.92 Å². The van der Waals surface area contributed by atoms with Crippen LogP contribution in [0.15, 0.2) is 54.9 Å². The van der Waals surface area contributed by atoms with Crippen molar-refractivity contribution in [2.75, 3.05) is 19.6 Å². The highest BCUT2D eigenvalue weighted by atomic mass is 19.1. The molecular weight excluding hydrogens is 359 g/mol. The largest absolute Gasteiger partial charge is 0.352 e. The number of likely N-dealkylation sites (tertiary alicyclic amines) is 1. The maximum absolute atomic E-state index is 13.0. The van der Waals surface area contributed by atoms with Crippen LogP contribution in [0.3, 0.4) is 0 Å². The number of aromatic nitrogens is 2. The fourth-order valence-corrected chi connectivity index (χ4v) is 3.56. The number of fused-ring (bicyclic) bond motifs is 1. The first-order valence-electron chi connectivity index (χ1n) is 9.37. The van der Waals surface area contributed by atoms with Gasteiger partial charge in [-0.05, 0) is 55.2 Å². The number of amides is 2. The summed E-state index contributed by atoms with van der Waals surface area (Å²) in [5.74, 6) is -0.508. The van der Waals surface area contributed by atoms with Crippen LogP contribution >= 0.6 is 0 Å². The van der Waals surface area contributed by atoms with Crippen molar-refractivity contribution in [3.05, 3.63) is 71.9 Å². The molecule has 6 nitrogen and oxygen atoms in total. The summed E-state index contributed by atoms with van der Waals surface area (Å²) in [4.78, 5) is 31.3. The Hall–Kier alpha value is -3.22. The van der Waals surface area contributed by atoms with E-state index < -0.39 is 0 Å². The van der Waals surface area contributed by atoms with E-state index in [0.717, 1.165) is 18.5 Å². The lowest BCUT2D eigenvalue weighted by Crippen LogP contribution is -2.43. The number of pyridine rings is 1. The van der Waals surface area contributed by atoms with Crippen molar-refractivity contribution < 1.29 is 14.0 Å². The maximum atomic E-state index is 13.0. The molecule has 0 unspecified atom stereocenters. The molecule has 0 aliphatic carbocycles. The Balaban J connectivity index is 1.36. The lowest BCUT2D eigenvalue weighted by atomic mass is 9.97. The van der Waals surface area contributed by atoms with Gasteiger partial charge < -0.3 is 14.6 Å². The van der Waals surface area contributed by atoms with Gasteiger partial charge in [0.1, 0.15) is 17.2 Å². The van der Waals surface area contributed by atoms with Gasteiger partial charge in [0.05, 0.1) is 0 Å². The number of piperidine rings is 1. The van der Waals surface area contributed by atoms with Crippen molar-refractivity contribution in [1.29, 1.82) is 0 Å². The van der Waals surface area contributed by atoms with Crippen LogP contribution in [0.25, 0.3) is 5.65 Å². The minimum Gasteiger partial charge on any atom is -0.352 e. The van der Waals surface area contributed by atoms with E-state index in [1.807, 2.05) is 28.8 Å². The maximum Gasteiger partial charge on any atom is 0.274 e. The van der Waals surface area contributed by atoms with Gasteiger partial charge in [-0.1, -0.05) is 6.07 Å². The number of imidazole rings is 1. The van der Waals surface area contributed by atoms with E-state index in [0.29, 0.717) is 30.9 Å². The molecule has 1 N–H and O–H groups in total. The van der Waals surface area contributed by atoms with E-state index in [-0.39, 0.29) is 23.5 Å². The van der Waals surface area contributed by atoms with E-state index in [4.69, 9.17) is 0 Å². The molecule has 3 heterocycles. The fourth-order valence-electron chi connectivity index (χ4n) is 3.56. The average molecular weight is 380 g/mol. The molecule has 28 heavy (non-hydrogen) atoms. The van der Waals surface area contributed by atoms with Crippen LogP contribution in [-0.4, -0.2) is 45.7 Å². The topological polar surface area (TPSA) is 66.7 Å². The fraction of sp³-hybridized carbons (Fsp3) is 0.286. The number of hydrogen-bond acceptors (Lipinski definition) is 3. The summed E-state index contributed by atoms with van der Waals surface area (Å²) in [5.41, 5.74) is 1.60. The standard InChI is InChI=1S/C21H21FN4O2/c22-17-8-6-16(7-9-17)20(27)23-12-15-4-3-11-26(13-15)21(28)18-14-25-10-2-1-5-19(25)24-18/h1-2,5-10,14-15H,3-4,11-13H2,(H,23,27)/t15-/m1/s1. The second-order valence-corrected chi connectivity index (χ2v) is 7.07. The van der Waals surface area contributed by atoms with E-state index in [9.17, 15) is 14.0 Å². The zero-order valence-corrected chi connectivity index (χ0v) is 15.3. The number of carbonyl (C=O) groups excluding carboxylic acids is 2. The molecule has 1 atom stereocenters. The van der Waals surface area contributed by atoms with E-state index in [1.54, 1.807) is 11.1 Å². The van der Waals surface area contributed by atoms with E-state index in [1.165, 1.54) is 24.3 Å². The van der Waals surface area contributed by atoms with Crippen molar-refractivity contribution in [3.8, 4) is 0 Å². The van der Waals surface area contributed by atoms with Crippen LogP contribution in [0.5, 0.6) is 0 Å². The summed E-state index contributed by atoms with van der Waals surface area (Å²) < 4.78 is 14.8. The van der Waals surface area contributed by atoms with Gasteiger partial charge >= 0.3 is 0 Å². The number of hydrogen-bond donors (Lipinski definition) is 1. The molecule has 144 valence electrons. The van der Waals surface area contributed by atoms with Gasteiger partial charge in [0.15, 0.2) is 0 Å². The Bertz CT molecular complexity index is 966. The van der Waals surface area contributed by atoms with Gasteiger partial charge in [-0.2, -0.15) is 0 Å². The quantitative estimate of drug-likeness (QED) is 0.757. The number of benzene rings is 1. The predicted molar refractivity (Wildman–Crippen MR) is 103 cm³/mol. The normalized spacial score (nSPS) is 16.9. The van der Waals surface area contributed by atoms with Crippen LogP contribution in [0.4, 0.5) is 4.39 Å². The minimum absolute atomic E-state index is 0.0849. The molecule has 3 aromatic rings. The van der Waals surface area contributed by atoms with Crippen molar-refractivity contribution in [2.45, 2.75) is 12.8 Å². The van der Waals surface area contributed by atoms with Crippen LogP contribution in [0.1, 0.15) is 33.7 Å². The molecule has 2 amide bonds. The second-order valence-electron chi connectivity index (χ2n) is 7.07. The lowest BCUT2D eigenvalue weighted by molar-refractivity contribution is 0.0665. The summed E-state index contributed by atoms with van der Waals surface area (Å²) in [6.45, 7) is 1.75. The van der Waals surface area contributed by atoms with Gasteiger partial charge in [0.25, 0.3) is 11.8 Å². The molecule has 2 aromatic heterocycles. The molecule has 7 heteroatoms. The molecule has 0 bridgehead atoms. The Morgan fingerprint density at radius 1 is 1.18 bits per heavy atom. The first kappa shape index (κ1) is 18.2. The molecule has 1 saturated heterocycles. The Morgan fingerprint density at radius 2 is 2.00 bits per heavy atom.